The maximum atomic E-state index is 10.7. The predicted molar refractivity (Wildman–Crippen MR) is 38.8 cm³/mol. The highest BCUT2D eigenvalue weighted by Gasteiger charge is 2.02. The molecule has 2 rings (SSSR count). The molecule has 0 aromatic carbocycles. The maximum Gasteiger partial charge on any atom is 0.401 e. The van der Waals surface area contributed by atoms with Gasteiger partial charge in [-0.15, -0.1) is 9.83 Å². The lowest BCUT2D eigenvalue weighted by Crippen LogP contribution is -2.22. The van der Waals surface area contributed by atoms with Crippen molar-refractivity contribution in [2.45, 2.75) is 0 Å². The van der Waals surface area contributed by atoms with E-state index in [1.807, 2.05) is 0 Å². The standard InChI is InChI=1S/C6H4N4O2/c11-6-9-8-4-2-1-3-7-5(4)10(6)12/h1-3,12H. The van der Waals surface area contributed by atoms with E-state index in [4.69, 9.17) is 5.21 Å². The first-order valence-corrected chi connectivity index (χ1v) is 3.19. The van der Waals surface area contributed by atoms with Crippen LogP contribution >= 0.6 is 0 Å². The van der Waals surface area contributed by atoms with E-state index in [1.54, 1.807) is 12.1 Å². The van der Waals surface area contributed by atoms with Crippen LogP contribution in [0.15, 0.2) is 23.1 Å². The van der Waals surface area contributed by atoms with Crippen LogP contribution in [-0.2, 0) is 0 Å². The van der Waals surface area contributed by atoms with Crippen LogP contribution in [0.1, 0.15) is 0 Å². The van der Waals surface area contributed by atoms with Gasteiger partial charge in [0.1, 0.15) is 5.52 Å². The zero-order chi connectivity index (χ0) is 8.55. The molecule has 60 valence electrons. The molecule has 0 fully saturated rings. The Hall–Kier alpha value is -1.98. The lowest BCUT2D eigenvalue weighted by molar-refractivity contribution is 0.180. The summed E-state index contributed by atoms with van der Waals surface area (Å²) in [5.74, 6) is 0. The molecule has 0 saturated carbocycles. The fraction of sp³-hybridized carbons (Fsp3) is 0. The number of pyridine rings is 1. The number of rotatable bonds is 0. The minimum Gasteiger partial charge on any atom is -0.422 e. The van der Waals surface area contributed by atoms with Gasteiger partial charge >= 0.3 is 5.69 Å². The highest BCUT2D eigenvalue weighted by atomic mass is 16.5. The van der Waals surface area contributed by atoms with E-state index >= 15 is 0 Å². The SMILES string of the molecule is O=c1nnc2cccnc2n1O. The topological polar surface area (TPSA) is 80.9 Å². The van der Waals surface area contributed by atoms with E-state index < -0.39 is 5.69 Å². The average molecular weight is 164 g/mol. The van der Waals surface area contributed by atoms with Gasteiger partial charge in [-0.25, -0.2) is 9.78 Å². The first kappa shape index (κ1) is 6.71. The van der Waals surface area contributed by atoms with Gasteiger partial charge in [-0.1, -0.05) is 5.10 Å². The van der Waals surface area contributed by atoms with Gasteiger partial charge in [0.25, 0.3) is 0 Å². The van der Waals surface area contributed by atoms with Crippen molar-refractivity contribution >= 4 is 11.2 Å². The Morgan fingerprint density at radius 1 is 1.42 bits per heavy atom. The van der Waals surface area contributed by atoms with Crippen LogP contribution in [0.5, 0.6) is 0 Å². The quantitative estimate of drug-likeness (QED) is 0.527. The molecule has 2 aromatic rings. The Bertz CT molecular complexity index is 478. The molecule has 0 unspecified atom stereocenters. The lowest BCUT2D eigenvalue weighted by atomic mass is 10.4. The van der Waals surface area contributed by atoms with E-state index in [0.717, 1.165) is 0 Å². The van der Waals surface area contributed by atoms with Crippen molar-refractivity contribution in [2.24, 2.45) is 0 Å². The Labute approximate surface area is 66.1 Å². The largest absolute Gasteiger partial charge is 0.422 e. The first-order chi connectivity index (χ1) is 5.79. The summed E-state index contributed by atoms with van der Waals surface area (Å²) in [4.78, 5) is 14.5. The van der Waals surface area contributed by atoms with Gasteiger partial charge in [0.15, 0.2) is 0 Å². The molecule has 0 aliphatic heterocycles. The third-order valence-corrected chi connectivity index (χ3v) is 1.39. The maximum absolute atomic E-state index is 10.7. The van der Waals surface area contributed by atoms with Crippen LogP contribution in [-0.4, -0.2) is 25.1 Å². The molecule has 0 atom stereocenters. The molecule has 0 radical (unpaired) electrons. The van der Waals surface area contributed by atoms with Gasteiger partial charge in [0, 0.05) is 6.20 Å². The van der Waals surface area contributed by atoms with Gasteiger partial charge in [0.2, 0.25) is 5.65 Å². The van der Waals surface area contributed by atoms with Crippen molar-refractivity contribution in [3.63, 3.8) is 0 Å². The van der Waals surface area contributed by atoms with E-state index in [2.05, 4.69) is 15.2 Å². The minimum absolute atomic E-state index is 0.109. The van der Waals surface area contributed by atoms with E-state index in [-0.39, 0.29) is 5.65 Å². The van der Waals surface area contributed by atoms with Gasteiger partial charge in [-0.2, -0.15) is 0 Å². The summed E-state index contributed by atoms with van der Waals surface area (Å²) in [6.45, 7) is 0. The molecular weight excluding hydrogens is 160 g/mol. The molecule has 0 saturated heterocycles. The second-order valence-corrected chi connectivity index (χ2v) is 2.14. The lowest BCUT2D eigenvalue weighted by Gasteiger charge is -1.96. The summed E-state index contributed by atoms with van der Waals surface area (Å²) in [6.07, 6.45) is 1.45. The second kappa shape index (κ2) is 2.26. The first-order valence-electron chi connectivity index (χ1n) is 3.19. The molecule has 6 nitrogen and oxygen atoms in total. The number of hydrogen-bond donors (Lipinski definition) is 1. The minimum atomic E-state index is -0.832. The number of hydrogen-bond acceptors (Lipinski definition) is 5. The molecule has 6 heteroatoms. The van der Waals surface area contributed by atoms with Crippen LogP contribution in [0, 0.1) is 0 Å². The van der Waals surface area contributed by atoms with Gasteiger partial charge < -0.3 is 5.21 Å². The van der Waals surface area contributed by atoms with E-state index in [0.29, 0.717) is 10.2 Å². The second-order valence-electron chi connectivity index (χ2n) is 2.14. The number of aromatic nitrogens is 4. The normalized spacial score (nSPS) is 10.3. The van der Waals surface area contributed by atoms with Crippen molar-refractivity contribution in [3.05, 3.63) is 28.8 Å². The van der Waals surface area contributed by atoms with Crippen molar-refractivity contribution in [2.75, 3.05) is 0 Å². The Morgan fingerprint density at radius 3 is 3.08 bits per heavy atom. The Morgan fingerprint density at radius 2 is 2.25 bits per heavy atom. The van der Waals surface area contributed by atoms with Crippen molar-refractivity contribution in [3.8, 4) is 0 Å². The Kier molecular flexibility index (Phi) is 1.26. The summed E-state index contributed by atoms with van der Waals surface area (Å²) in [7, 11) is 0. The van der Waals surface area contributed by atoms with Crippen molar-refractivity contribution < 1.29 is 5.21 Å². The van der Waals surface area contributed by atoms with Gasteiger partial charge in [-0.3, -0.25) is 0 Å². The molecule has 2 aromatic heterocycles. The molecule has 0 aliphatic carbocycles. The summed E-state index contributed by atoms with van der Waals surface area (Å²) in [6, 6.07) is 3.24. The smallest absolute Gasteiger partial charge is 0.401 e. The highest BCUT2D eigenvalue weighted by Crippen LogP contribution is 2.00. The predicted octanol–water partition coefficient (Wildman–Crippen LogP) is -0.576. The molecule has 0 amide bonds. The summed E-state index contributed by atoms with van der Waals surface area (Å²) in [5, 5.41) is 15.8. The molecular formula is C6H4N4O2. The van der Waals surface area contributed by atoms with Crippen LogP contribution in [0.4, 0.5) is 0 Å². The summed E-state index contributed by atoms with van der Waals surface area (Å²) < 4.78 is 0.363. The molecule has 1 N–H and O–H groups in total. The third-order valence-electron chi connectivity index (χ3n) is 1.39. The summed E-state index contributed by atoms with van der Waals surface area (Å²) >= 11 is 0. The van der Waals surface area contributed by atoms with E-state index in [9.17, 15) is 4.79 Å². The summed E-state index contributed by atoms with van der Waals surface area (Å²) in [5.41, 5.74) is -0.349. The molecule has 0 aliphatic rings. The Balaban J connectivity index is 3.01. The molecule has 2 heterocycles. The average Bonchev–Trinajstić information content (AvgIpc) is 2.12. The van der Waals surface area contributed by atoms with E-state index in [1.165, 1.54) is 6.20 Å². The van der Waals surface area contributed by atoms with Crippen LogP contribution < -0.4 is 5.69 Å². The van der Waals surface area contributed by atoms with Crippen molar-refractivity contribution in [1.29, 1.82) is 0 Å². The zero-order valence-corrected chi connectivity index (χ0v) is 5.88. The third kappa shape index (κ3) is 0.815. The number of nitrogens with zero attached hydrogens (tertiary/aromatic N) is 4. The van der Waals surface area contributed by atoms with Crippen LogP contribution in [0.25, 0.3) is 11.2 Å². The fourth-order valence-corrected chi connectivity index (χ4v) is 0.859. The van der Waals surface area contributed by atoms with Crippen molar-refractivity contribution in [1.82, 2.24) is 19.9 Å². The molecule has 0 bridgehead atoms. The monoisotopic (exact) mass is 164 g/mol. The van der Waals surface area contributed by atoms with Gasteiger partial charge in [0.05, 0.1) is 0 Å². The number of fused-ring (bicyclic) bond motifs is 1. The zero-order valence-electron chi connectivity index (χ0n) is 5.88. The van der Waals surface area contributed by atoms with Crippen LogP contribution in [0.3, 0.4) is 0 Å². The van der Waals surface area contributed by atoms with Crippen LogP contribution in [0.2, 0.25) is 0 Å². The highest BCUT2D eigenvalue weighted by molar-refractivity contribution is 5.67. The fourth-order valence-electron chi connectivity index (χ4n) is 0.859. The van der Waals surface area contributed by atoms with Gasteiger partial charge in [-0.05, 0) is 12.1 Å². The molecule has 0 spiro atoms. The molecule has 12 heavy (non-hydrogen) atoms.